The maximum absolute atomic E-state index is 8.60. The molecule has 1 N–H and O–H groups in total. The molecule has 0 radical (unpaired) electrons. The van der Waals surface area contributed by atoms with Crippen LogP contribution in [0.5, 0.6) is 0 Å². The van der Waals surface area contributed by atoms with Crippen LogP contribution in [0.15, 0.2) is 30.3 Å². The first-order valence-electron chi connectivity index (χ1n) is 4.74. The molecule has 0 heterocycles. The molecular weight excluding hydrogens is 172 g/mol. The highest BCUT2D eigenvalue weighted by Gasteiger charge is 1.88. The zero-order chi connectivity index (χ0) is 10.2. The second-order valence-electron chi connectivity index (χ2n) is 2.94. The van der Waals surface area contributed by atoms with E-state index in [4.69, 9.17) is 5.26 Å². The Balaban J connectivity index is 2.52. The van der Waals surface area contributed by atoms with Crippen molar-refractivity contribution in [2.45, 2.75) is 6.92 Å². The minimum absolute atomic E-state index is 0.703. The van der Waals surface area contributed by atoms with Gasteiger partial charge in [0, 0.05) is 6.54 Å². The molecule has 0 spiro atoms. The smallest absolute Gasteiger partial charge is 0.0991 e. The van der Waals surface area contributed by atoms with Crippen LogP contribution in [0.25, 0.3) is 6.08 Å². The second kappa shape index (κ2) is 5.95. The van der Waals surface area contributed by atoms with Crippen molar-refractivity contribution in [1.82, 2.24) is 5.32 Å². The third kappa shape index (κ3) is 3.42. The van der Waals surface area contributed by atoms with Crippen molar-refractivity contribution < 1.29 is 0 Å². The van der Waals surface area contributed by atoms with Gasteiger partial charge in [-0.25, -0.2) is 0 Å². The van der Waals surface area contributed by atoms with E-state index in [9.17, 15) is 0 Å². The molecule has 0 saturated carbocycles. The molecule has 0 aliphatic carbocycles. The maximum atomic E-state index is 8.60. The van der Waals surface area contributed by atoms with Gasteiger partial charge >= 0.3 is 0 Å². The summed E-state index contributed by atoms with van der Waals surface area (Å²) in [5.41, 5.74) is 1.83. The first-order chi connectivity index (χ1) is 6.86. The average molecular weight is 186 g/mol. The summed E-state index contributed by atoms with van der Waals surface area (Å²) >= 11 is 0. The molecule has 1 rings (SSSR count). The van der Waals surface area contributed by atoms with Crippen LogP contribution < -0.4 is 5.32 Å². The number of likely N-dealkylation sites (N-methyl/N-ethyl adjacent to an activating group) is 1. The summed E-state index contributed by atoms with van der Waals surface area (Å²) in [6, 6.07) is 9.64. The predicted molar refractivity (Wildman–Crippen MR) is 58.7 cm³/mol. The van der Waals surface area contributed by atoms with E-state index in [0.29, 0.717) is 5.56 Å². The number of hydrogen-bond donors (Lipinski definition) is 1. The van der Waals surface area contributed by atoms with Gasteiger partial charge in [0.1, 0.15) is 0 Å². The van der Waals surface area contributed by atoms with Crippen molar-refractivity contribution in [2.24, 2.45) is 0 Å². The summed E-state index contributed by atoms with van der Waals surface area (Å²) in [7, 11) is 0. The van der Waals surface area contributed by atoms with Crippen molar-refractivity contribution in [3.05, 3.63) is 41.5 Å². The van der Waals surface area contributed by atoms with Crippen LogP contribution >= 0.6 is 0 Å². The Morgan fingerprint density at radius 1 is 1.36 bits per heavy atom. The normalized spacial score (nSPS) is 10.3. The van der Waals surface area contributed by atoms with E-state index in [1.807, 2.05) is 30.3 Å². The quantitative estimate of drug-likeness (QED) is 0.731. The van der Waals surface area contributed by atoms with Crippen molar-refractivity contribution in [3.63, 3.8) is 0 Å². The van der Waals surface area contributed by atoms with Crippen molar-refractivity contribution in [2.75, 3.05) is 13.1 Å². The van der Waals surface area contributed by atoms with Crippen molar-refractivity contribution in [1.29, 1.82) is 5.26 Å². The van der Waals surface area contributed by atoms with E-state index in [1.165, 1.54) is 0 Å². The third-order valence-electron chi connectivity index (χ3n) is 1.86. The van der Waals surface area contributed by atoms with E-state index in [0.717, 1.165) is 18.7 Å². The highest BCUT2D eigenvalue weighted by atomic mass is 14.8. The molecule has 0 bridgehead atoms. The van der Waals surface area contributed by atoms with Gasteiger partial charge in [-0.3, -0.25) is 0 Å². The fourth-order valence-corrected chi connectivity index (χ4v) is 1.09. The van der Waals surface area contributed by atoms with Crippen LogP contribution in [0.4, 0.5) is 0 Å². The fraction of sp³-hybridized carbons (Fsp3) is 0.250. The lowest BCUT2D eigenvalue weighted by Gasteiger charge is -1.95. The molecule has 0 unspecified atom stereocenters. The molecule has 0 aromatic heterocycles. The molecule has 0 aliphatic rings. The Labute approximate surface area is 84.9 Å². The molecule has 2 heteroatoms. The topological polar surface area (TPSA) is 35.8 Å². The summed E-state index contributed by atoms with van der Waals surface area (Å²) in [6.45, 7) is 3.95. The number of benzene rings is 1. The molecule has 0 aliphatic heterocycles. The summed E-state index contributed by atoms with van der Waals surface area (Å²) in [5, 5.41) is 11.8. The van der Waals surface area contributed by atoms with Crippen molar-refractivity contribution in [3.8, 4) is 6.07 Å². The molecule has 0 atom stereocenters. The zero-order valence-electron chi connectivity index (χ0n) is 8.33. The van der Waals surface area contributed by atoms with Crippen LogP contribution in [-0.4, -0.2) is 13.1 Å². The average Bonchev–Trinajstić information content (AvgIpc) is 2.25. The molecule has 1 aromatic rings. The lowest BCUT2D eigenvalue weighted by atomic mass is 10.1. The van der Waals surface area contributed by atoms with E-state index < -0.39 is 0 Å². The van der Waals surface area contributed by atoms with Crippen LogP contribution in [0.1, 0.15) is 18.1 Å². The van der Waals surface area contributed by atoms with Gasteiger partial charge in [-0.1, -0.05) is 31.2 Å². The lowest BCUT2D eigenvalue weighted by molar-refractivity contribution is 0.801. The molecular formula is C12H14N2. The standard InChI is InChI=1S/C12H14N2/c1-2-14-9-3-4-11-5-7-12(10-13)8-6-11/h3-8,14H,2,9H2,1H3. The lowest BCUT2D eigenvalue weighted by Crippen LogP contribution is -2.11. The van der Waals surface area contributed by atoms with Gasteiger partial charge in [0.15, 0.2) is 0 Å². The van der Waals surface area contributed by atoms with Gasteiger partial charge in [0.2, 0.25) is 0 Å². The molecule has 0 amide bonds. The Morgan fingerprint density at radius 3 is 2.64 bits per heavy atom. The minimum atomic E-state index is 0.703. The van der Waals surface area contributed by atoms with E-state index in [2.05, 4.69) is 24.4 Å². The largest absolute Gasteiger partial charge is 0.314 e. The Morgan fingerprint density at radius 2 is 2.07 bits per heavy atom. The van der Waals surface area contributed by atoms with E-state index >= 15 is 0 Å². The number of nitrogens with zero attached hydrogens (tertiary/aromatic N) is 1. The molecule has 2 nitrogen and oxygen atoms in total. The van der Waals surface area contributed by atoms with Gasteiger partial charge in [-0.15, -0.1) is 0 Å². The Kier molecular flexibility index (Phi) is 4.46. The van der Waals surface area contributed by atoms with Gasteiger partial charge < -0.3 is 5.32 Å². The van der Waals surface area contributed by atoms with Crippen LogP contribution in [0.2, 0.25) is 0 Å². The summed E-state index contributed by atoms with van der Waals surface area (Å²) in [6.07, 6.45) is 4.12. The molecule has 14 heavy (non-hydrogen) atoms. The molecule has 72 valence electrons. The zero-order valence-corrected chi connectivity index (χ0v) is 8.33. The van der Waals surface area contributed by atoms with E-state index in [1.54, 1.807) is 0 Å². The molecule has 0 saturated heterocycles. The van der Waals surface area contributed by atoms with Crippen LogP contribution in [-0.2, 0) is 0 Å². The monoisotopic (exact) mass is 186 g/mol. The first kappa shape index (κ1) is 10.5. The Bertz CT molecular complexity index is 330. The maximum Gasteiger partial charge on any atom is 0.0991 e. The van der Waals surface area contributed by atoms with Gasteiger partial charge in [-0.05, 0) is 24.2 Å². The highest BCUT2D eigenvalue weighted by Crippen LogP contribution is 2.04. The SMILES string of the molecule is CCNCC=Cc1ccc(C#N)cc1. The first-order valence-corrected chi connectivity index (χ1v) is 4.74. The predicted octanol–water partition coefficient (Wildman–Crippen LogP) is 2.18. The number of rotatable bonds is 4. The number of nitrogens with one attached hydrogen (secondary N) is 1. The number of nitriles is 1. The van der Waals surface area contributed by atoms with Gasteiger partial charge in [0.05, 0.1) is 11.6 Å². The highest BCUT2D eigenvalue weighted by molar-refractivity contribution is 5.50. The minimum Gasteiger partial charge on any atom is -0.314 e. The number of hydrogen-bond acceptors (Lipinski definition) is 2. The molecule has 1 aromatic carbocycles. The third-order valence-corrected chi connectivity index (χ3v) is 1.86. The van der Waals surface area contributed by atoms with E-state index in [-0.39, 0.29) is 0 Å². The summed E-state index contributed by atoms with van der Waals surface area (Å²) < 4.78 is 0. The van der Waals surface area contributed by atoms with Crippen LogP contribution in [0, 0.1) is 11.3 Å². The molecule has 0 fully saturated rings. The fourth-order valence-electron chi connectivity index (χ4n) is 1.09. The van der Waals surface area contributed by atoms with Gasteiger partial charge in [0.25, 0.3) is 0 Å². The van der Waals surface area contributed by atoms with Gasteiger partial charge in [-0.2, -0.15) is 5.26 Å². The summed E-state index contributed by atoms with van der Waals surface area (Å²) in [5.74, 6) is 0. The van der Waals surface area contributed by atoms with Crippen LogP contribution in [0.3, 0.4) is 0 Å². The second-order valence-corrected chi connectivity index (χ2v) is 2.94. The van der Waals surface area contributed by atoms with Crippen molar-refractivity contribution >= 4 is 6.08 Å². The summed E-state index contributed by atoms with van der Waals surface area (Å²) in [4.78, 5) is 0. The Hall–Kier alpha value is -1.59.